The first-order chi connectivity index (χ1) is 20.4. The molecule has 1 unspecified atom stereocenters. The number of hydrogen-bond acceptors (Lipinski definition) is 9. The highest BCUT2D eigenvalue weighted by Crippen LogP contribution is 2.36. The minimum Gasteiger partial charge on any atom is -0.491 e. The topological polar surface area (TPSA) is 126 Å². The molecule has 1 aliphatic carbocycles. The van der Waals surface area contributed by atoms with E-state index in [-0.39, 0.29) is 24.7 Å². The van der Waals surface area contributed by atoms with Gasteiger partial charge in [0.1, 0.15) is 29.3 Å². The van der Waals surface area contributed by atoms with E-state index in [2.05, 4.69) is 20.6 Å². The number of rotatable bonds is 13. The lowest BCUT2D eigenvalue weighted by atomic mass is 10.1. The van der Waals surface area contributed by atoms with E-state index in [9.17, 15) is 19.1 Å². The van der Waals surface area contributed by atoms with Gasteiger partial charge in [-0.3, -0.25) is 14.5 Å². The summed E-state index contributed by atoms with van der Waals surface area (Å²) < 4.78 is 25.1. The van der Waals surface area contributed by atoms with Crippen LogP contribution in [0, 0.1) is 11.7 Å². The van der Waals surface area contributed by atoms with E-state index in [1.807, 2.05) is 0 Å². The molecule has 1 heterocycles. The molecule has 12 heteroatoms. The van der Waals surface area contributed by atoms with Crippen LogP contribution in [-0.2, 0) is 14.3 Å². The van der Waals surface area contributed by atoms with Gasteiger partial charge in [0.05, 0.1) is 35.5 Å². The van der Waals surface area contributed by atoms with Gasteiger partial charge < -0.3 is 25.2 Å². The Labute approximate surface area is 255 Å². The number of carbonyl (C=O) groups excluding carboxylic acids is 2. The van der Waals surface area contributed by atoms with Crippen LogP contribution in [0.5, 0.6) is 5.75 Å². The highest BCUT2D eigenvalue weighted by Gasteiger charge is 2.23. The highest BCUT2D eigenvalue weighted by molar-refractivity contribution is 6.31. The van der Waals surface area contributed by atoms with E-state index in [1.54, 1.807) is 56.9 Å². The van der Waals surface area contributed by atoms with Crippen molar-refractivity contribution < 1.29 is 28.6 Å². The Morgan fingerprint density at radius 2 is 2.00 bits per heavy atom. The second-order valence-electron chi connectivity index (χ2n) is 11.6. The van der Waals surface area contributed by atoms with E-state index in [1.165, 1.54) is 24.5 Å². The van der Waals surface area contributed by atoms with Crippen molar-refractivity contribution in [1.29, 1.82) is 0 Å². The fourth-order valence-electron chi connectivity index (χ4n) is 4.22. The molecule has 230 valence electrons. The van der Waals surface area contributed by atoms with Crippen molar-refractivity contribution in [3.63, 3.8) is 0 Å². The normalized spacial score (nSPS) is 14.2. The quantitative estimate of drug-likeness (QED) is 0.170. The lowest BCUT2D eigenvalue weighted by Gasteiger charge is -2.25. The van der Waals surface area contributed by atoms with Crippen molar-refractivity contribution in [2.75, 3.05) is 36.9 Å². The standard InChI is InChI=1S/C31H37ClFN5O5/c1-19(39)15-38(16-29(41)43-31(2,3)4)11-5-6-28(40)37-26-13-22-25(14-27(26)42-17-20-7-8-20)34-18-35-30(22)36-21-9-10-24(33)23(32)12-21/h5-6,9-10,12-14,18-20,39H,7-8,11,15-17H2,1-4H3,(H,37,40)(H,34,35,36). The smallest absolute Gasteiger partial charge is 0.320 e. The number of carbonyl (C=O) groups is 2. The Morgan fingerprint density at radius 1 is 1.23 bits per heavy atom. The van der Waals surface area contributed by atoms with E-state index in [0.29, 0.717) is 46.4 Å². The predicted molar refractivity (Wildman–Crippen MR) is 164 cm³/mol. The van der Waals surface area contributed by atoms with Gasteiger partial charge in [-0.15, -0.1) is 0 Å². The van der Waals surface area contributed by atoms with Crippen LogP contribution in [0.25, 0.3) is 10.9 Å². The number of ether oxygens (including phenoxy) is 2. The van der Waals surface area contributed by atoms with Crippen LogP contribution in [0.2, 0.25) is 5.02 Å². The molecule has 0 saturated heterocycles. The molecule has 2 aromatic carbocycles. The average Bonchev–Trinajstić information content (AvgIpc) is 3.73. The lowest BCUT2D eigenvalue weighted by Crippen LogP contribution is -2.38. The summed E-state index contributed by atoms with van der Waals surface area (Å²) in [5.41, 5.74) is 0.907. The van der Waals surface area contributed by atoms with Gasteiger partial charge in [0, 0.05) is 36.3 Å². The van der Waals surface area contributed by atoms with Crippen molar-refractivity contribution in [1.82, 2.24) is 14.9 Å². The molecule has 0 radical (unpaired) electrons. The summed E-state index contributed by atoms with van der Waals surface area (Å²) in [7, 11) is 0. The summed E-state index contributed by atoms with van der Waals surface area (Å²) in [6, 6.07) is 7.71. The molecule has 10 nitrogen and oxygen atoms in total. The Morgan fingerprint density at radius 3 is 2.67 bits per heavy atom. The van der Waals surface area contributed by atoms with Crippen LogP contribution in [0.1, 0.15) is 40.5 Å². The van der Waals surface area contributed by atoms with Gasteiger partial charge in [0.25, 0.3) is 0 Å². The van der Waals surface area contributed by atoms with Crippen molar-refractivity contribution in [3.05, 3.63) is 59.7 Å². The first-order valence-corrected chi connectivity index (χ1v) is 14.5. The zero-order chi connectivity index (χ0) is 31.1. The van der Waals surface area contributed by atoms with E-state index in [4.69, 9.17) is 21.1 Å². The summed E-state index contributed by atoms with van der Waals surface area (Å²) >= 11 is 5.95. The number of aliphatic hydroxyl groups excluding tert-OH is 1. The summed E-state index contributed by atoms with van der Waals surface area (Å²) in [4.78, 5) is 35.7. The van der Waals surface area contributed by atoms with Crippen LogP contribution < -0.4 is 15.4 Å². The third kappa shape index (κ3) is 10.2. The van der Waals surface area contributed by atoms with E-state index < -0.39 is 29.4 Å². The number of halogens is 2. The number of benzene rings is 2. The fourth-order valence-corrected chi connectivity index (χ4v) is 4.40. The Kier molecular flexibility index (Phi) is 10.5. The van der Waals surface area contributed by atoms with Crippen molar-refractivity contribution in [2.45, 2.75) is 52.2 Å². The molecule has 3 aromatic rings. The molecule has 3 N–H and O–H groups in total. The summed E-state index contributed by atoms with van der Waals surface area (Å²) in [6.07, 6.45) is 5.89. The molecule has 43 heavy (non-hydrogen) atoms. The number of anilines is 3. The SMILES string of the molecule is CC(O)CN(CC=CC(=O)Nc1cc2c(Nc3ccc(F)c(Cl)c3)ncnc2cc1OCC1CC1)CC(=O)OC(C)(C)C. The number of amides is 1. The number of fused-ring (bicyclic) bond motifs is 1. The maximum Gasteiger partial charge on any atom is 0.320 e. The first-order valence-electron chi connectivity index (χ1n) is 14.1. The summed E-state index contributed by atoms with van der Waals surface area (Å²) in [5.74, 6) is 0.0133. The molecule has 1 atom stereocenters. The number of aliphatic hydroxyl groups is 1. The van der Waals surface area contributed by atoms with Gasteiger partial charge in [-0.1, -0.05) is 17.7 Å². The number of aromatic nitrogens is 2. The molecule has 0 spiro atoms. The monoisotopic (exact) mass is 613 g/mol. The molecule has 1 aromatic heterocycles. The molecule has 1 fully saturated rings. The minimum atomic E-state index is -0.676. The third-order valence-corrected chi connectivity index (χ3v) is 6.57. The van der Waals surface area contributed by atoms with Gasteiger partial charge in [-0.05, 0) is 70.7 Å². The molecular formula is C31H37ClFN5O5. The summed E-state index contributed by atoms with van der Waals surface area (Å²) in [5, 5.41) is 16.5. The molecule has 1 saturated carbocycles. The van der Waals surface area contributed by atoms with Crippen LogP contribution in [0.4, 0.5) is 21.6 Å². The molecule has 0 aliphatic heterocycles. The second-order valence-corrected chi connectivity index (χ2v) is 12.0. The van der Waals surface area contributed by atoms with Crippen molar-refractivity contribution in [2.24, 2.45) is 5.92 Å². The van der Waals surface area contributed by atoms with Gasteiger partial charge in [0.2, 0.25) is 5.91 Å². The van der Waals surface area contributed by atoms with E-state index in [0.717, 1.165) is 12.8 Å². The van der Waals surface area contributed by atoms with Crippen LogP contribution in [0.3, 0.4) is 0 Å². The fraction of sp³-hybridized carbons (Fsp3) is 0.419. The number of nitrogens with zero attached hydrogens (tertiary/aromatic N) is 3. The molecule has 0 bridgehead atoms. The van der Waals surface area contributed by atoms with Crippen molar-refractivity contribution in [3.8, 4) is 5.75 Å². The van der Waals surface area contributed by atoms with Gasteiger partial charge in [-0.25, -0.2) is 14.4 Å². The van der Waals surface area contributed by atoms with Gasteiger partial charge in [0.15, 0.2) is 0 Å². The highest BCUT2D eigenvalue weighted by atomic mass is 35.5. The van der Waals surface area contributed by atoms with Crippen LogP contribution >= 0.6 is 11.6 Å². The van der Waals surface area contributed by atoms with Crippen LogP contribution in [-0.4, -0.2) is 69.8 Å². The largest absolute Gasteiger partial charge is 0.491 e. The zero-order valence-electron chi connectivity index (χ0n) is 24.7. The maximum absolute atomic E-state index is 13.7. The Balaban J connectivity index is 1.52. The predicted octanol–water partition coefficient (Wildman–Crippen LogP) is 5.47. The lowest BCUT2D eigenvalue weighted by molar-refractivity contribution is -0.156. The van der Waals surface area contributed by atoms with Crippen molar-refractivity contribution >= 4 is 51.6 Å². The average molecular weight is 614 g/mol. The van der Waals surface area contributed by atoms with Gasteiger partial charge >= 0.3 is 5.97 Å². The Bertz CT molecular complexity index is 1490. The third-order valence-electron chi connectivity index (χ3n) is 6.28. The molecule has 1 amide bonds. The number of nitrogens with one attached hydrogen (secondary N) is 2. The number of esters is 1. The first kappa shape index (κ1) is 32.1. The van der Waals surface area contributed by atoms with E-state index >= 15 is 0 Å². The van der Waals surface area contributed by atoms with Gasteiger partial charge in [-0.2, -0.15) is 0 Å². The van der Waals surface area contributed by atoms with Crippen LogP contribution in [0.15, 0.2) is 48.8 Å². The minimum absolute atomic E-state index is 0.0306. The molecule has 1 aliphatic rings. The Hall–Kier alpha value is -3.80. The maximum atomic E-state index is 13.7. The zero-order valence-corrected chi connectivity index (χ0v) is 25.4. The second kappa shape index (κ2) is 14.1. The molecular weight excluding hydrogens is 577 g/mol. The summed E-state index contributed by atoms with van der Waals surface area (Å²) in [6.45, 7) is 7.93. The number of hydrogen-bond donors (Lipinski definition) is 3. The molecule has 4 rings (SSSR count).